The zero-order chi connectivity index (χ0) is 15.2. The summed E-state index contributed by atoms with van der Waals surface area (Å²) in [6.07, 6.45) is 0. The number of ether oxygens (including phenoxy) is 1. The van der Waals surface area contributed by atoms with Crippen LogP contribution in [0.5, 0.6) is 5.75 Å². The van der Waals surface area contributed by atoms with Crippen LogP contribution in [0.3, 0.4) is 0 Å². The van der Waals surface area contributed by atoms with Crippen LogP contribution in [0.25, 0.3) is 0 Å². The van der Waals surface area contributed by atoms with Crippen molar-refractivity contribution in [3.8, 4) is 5.75 Å². The molecule has 6 heteroatoms. The van der Waals surface area contributed by atoms with E-state index in [2.05, 4.69) is 5.32 Å². The number of carbonyl (C=O) groups is 1. The maximum atomic E-state index is 12.0. The first-order valence-corrected chi connectivity index (χ1v) is 7.63. The lowest BCUT2D eigenvalue weighted by molar-refractivity contribution is -0.117. The van der Waals surface area contributed by atoms with Crippen molar-refractivity contribution in [2.24, 2.45) is 0 Å². The molecule has 0 atom stereocenters. The minimum Gasteiger partial charge on any atom is -0.497 e. The second kappa shape index (κ2) is 7.45. The van der Waals surface area contributed by atoms with E-state index in [0.717, 1.165) is 20.7 Å². The van der Waals surface area contributed by atoms with Crippen LogP contribution in [0.15, 0.2) is 36.4 Å². The highest BCUT2D eigenvalue weighted by Crippen LogP contribution is 2.22. The topological polar surface area (TPSA) is 41.6 Å². The van der Waals surface area contributed by atoms with Crippen molar-refractivity contribution in [2.75, 3.05) is 26.0 Å². The van der Waals surface area contributed by atoms with Crippen molar-refractivity contribution in [1.29, 1.82) is 0 Å². The number of methoxy groups -OCH3 is 1. The van der Waals surface area contributed by atoms with Crippen molar-refractivity contribution < 1.29 is 9.53 Å². The number of benzene rings is 1. The summed E-state index contributed by atoms with van der Waals surface area (Å²) in [6, 6.07) is 11.1. The van der Waals surface area contributed by atoms with Crippen molar-refractivity contribution in [2.45, 2.75) is 6.54 Å². The maximum absolute atomic E-state index is 12.0. The number of halogens is 1. The predicted molar refractivity (Wildman–Crippen MR) is 87.3 cm³/mol. The standard InChI is InChI=1S/C15H17ClN2O2S/c1-18(9-13-6-7-14(16)21-13)10-15(19)17-11-4-3-5-12(8-11)20-2/h3-8H,9-10H2,1-2H3,(H,17,19). The molecular formula is C15H17ClN2O2S. The molecule has 2 aromatic rings. The predicted octanol–water partition coefficient (Wildman–Crippen LogP) is 3.48. The fourth-order valence-electron chi connectivity index (χ4n) is 1.91. The van der Waals surface area contributed by atoms with Gasteiger partial charge in [-0.15, -0.1) is 11.3 Å². The fraction of sp³-hybridized carbons (Fsp3) is 0.267. The number of anilines is 1. The first kappa shape index (κ1) is 15.8. The smallest absolute Gasteiger partial charge is 0.238 e. The molecule has 0 aliphatic heterocycles. The van der Waals surface area contributed by atoms with E-state index in [9.17, 15) is 4.79 Å². The Morgan fingerprint density at radius 1 is 1.38 bits per heavy atom. The monoisotopic (exact) mass is 324 g/mol. The number of hydrogen-bond donors (Lipinski definition) is 1. The van der Waals surface area contributed by atoms with Gasteiger partial charge in [0.2, 0.25) is 5.91 Å². The third-order valence-electron chi connectivity index (χ3n) is 2.82. The van der Waals surface area contributed by atoms with E-state index in [1.807, 2.05) is 42.3 Å². The Kier molecular flexibility index (Phi) is 5.61. The van der Waals surface area contributed by atoms with Gasteiger partial charge >= 0.3 is 0 Å². The first-order chi connectivity index (χ1) is 10.1. The Morgan fingerprint density at radius 3 is 2.86 bits per heavy atom. The first-order valence-electron chi connectivity index (χ1n) is 6.43. The lowest BCUT2D eigenvalue weighted by atomic mass is 10.3. The summed E-state index contributed by atoms with van der Waals surface area (Å²) in [5, 5.41) is 2.86. The maximum Gasteiger partial charge on any atom is 0.238 e. The van der Waals surface area contributed by atoms with Crippen LogP contribution in [-0.2, 0) is 11.3 Å². The number of nitrogens with one attached hydrogen (secondary N) is 1. The van der Waals surface area contributed by atoms with Crippen LogP contribution in [0, 0.1) is 0 Å². The SMILES string of the molecule is COc1cccc(NC(=O)CN(C)Cc2ccc(Cl)s2)c1. The molecule has 1 aromatic carbocycles. The highest BCUT2D eigenvalue weighted by Gasteiger charge is 2.09. The van der Waals surface area contributed by atoms with E-state index in [-0.39, 0.29) is 5.91 Å². The second-order valence-corrected chi connectivity index (χ2v) is 6.46. The number of thiophene rings is 1. The summed E-state index contributed by atoms with van der Waals surface area (Å²) < 4.78 is 5.89. The highest BCUT2D eigenvalue weighted by molar-refractivity contribution is 7.16. The molecule has 0 fully saturated rings. The number of rotatable bonds is 6. The van der Waals surface area contributed by atoms with E-state index in [4.69, 9.17) is 16.3 Å². The van der Waals surface area contributed by atoms with Gasteiger partial charge in [0.1, 0.15) is 5.75 Å². The van der Waals surface area contributed by atoms with E-state index in [1.165, 1.54) is 11.3 Å². The van der Waals surface area contributed by atoms with Gasteiger partial charge in [0, 0.05) is 23.2 Å². The molecule has 0 saturated carbocycles. The van der Waals surface area contributed by atoms with Gasteiger partial charge in [-0.2, -0.15) is 0 Å². The van der Waals surface area contributed by atoms with Crippen LogP contribution in [0.2, 0.25) is 4.34 Å². The van der Waals surface area contributed by atoms with Gasteiger partial charge < -0.3 is 10.1 Å². The Hall–Kier alpha value is -1.56. The fourth-order valence-corrected chi connectivity index (χ4v) is 3.07. The molecule has 0 bridgehead atoms. The van der Waals surface area contributed by atoms with Gasteiger partial charge in [0.05, 0.1) is 18.0 Å². The normalized spacial score (nSPS) is 10.7. The number of nitrogens with zero attached hydrogens (tertiary/aromatic N) is 1. The van der Waals surface area contributed by atoms with Crippen LogP contribution in [0.1, 0.15) is 4.88 Å². The second-order valence-electron chi connectivity index (χ2n) is 4.66. The van der Waals surface area contributed by atoms with E-state index in [1.54, 1.807) is 13.2 Å². The highest BCUT2D eigenvalue weighted by atomic mass is 35.5. The van der Waals surface area contributed by atoms with E-state index < -0.39 is 0 Å². The van der Waals surface area contributed by atoms with E-state index in [0.29, 0.717) is 13.1 Å². The summed E-state index contributed by atoms with van der Waals surface area (Å²) in [5.74, 6) is 0.655. The van der Waals surface area contributed by atoms with Gasteiger partial charge in [-0.3, -0.25) is 9.69 Å². The van der Waals surface area contributed by atoms with Crippen LogP contribution >= 0.6 is 22.9 Å². The number of carbonyl (C=O) groups excluding carboxylic acids is 1. The lowest BCUT2D eigenvalue weighted by Gasteiger charge is -2.15. The third-order valence-corrected chi connectivity index (χ3v) is 4.04. The summed E-state index contributed by atoms with van der Waals surface area (Å²) in [7, 11) is 3.50. The Labute approximate surface area is 133 Å². The lowest BCUT2D eigenvalue weighted by Crippen LogP contribution is -2.29. The molecule has 4 nitrogen and oxygen atoms in total. The Balaban J connectivity index is 1.85. The molecule has 1 aromatic heterocycles. The molecule has 2 rings (SSSR count). The van der Waals surface area contributed by atoms with Crippen LogP contribution in [0.4, 0.5) is 5.69 Å². The molecule has 112 valence electrons. The van der Waals surface area contributed by atoms with Crippen LogP contribution < -0.4 is 10.1 Å². The van der Waals surface area contributed by atoms with Gasteiger partial charge in [-0.05, 0) is 31.3 Å². The molecule has 1 heterocycles. The molecule has 0 radical (unpaired) electrons. The number of amides is 1. The van der Waals surface area contributed by atoms with Crippen molar-refractivity contribution in [1.82, 2.24) is 4.90 Å². The number of likely N-dealkylation sites (N-methyl/N-ethyl adjacent to an activating group) is 1. The van der Waals surface area contributed by atoms with Gasteiger partial charge in [0.25, 0.3) is 0 Å². The Morgan fingerprint density at radius 2 is 2.19 bits per heavy atom. The van der Waals surface area contributed by atoms with Gasteiger partial charge in [-0.25, -0.2) is 0 Å². The summed E-state index contributed by atoms with van der Waals surface area (Å²) in [5.41, 5.74) is 0.729. The zero-order valence-electron chi connectivity index (χ0n) is 11.9. The minimum absolute atomic E-state index is 0.0617. The average Bonchev–Trinajstić information content (AvgIpc) is 2.83. The molecule has 21 heavy (non-hydrogen) atoms. The summed E-state index contributed by atoms with van der Waals surface area (Å²) in [4.78, 5) is 15.1. The zero-order valence-corrected chi connectivity index (χ0v) is 13.5. The van der Waals surface area contributed by atoms with E-state index >= 15 is 0 Å². The quantitative estimate of drug-likeness (QED) is 0.884. The van der Waals surface area contributed by atoms with Crippen molar-refractivity contribution in [3.63, 3.8) is 0 Å². The molecule has 0 aliphatic carbocycles. The molecule has 0 saturated heterocycles. The van der Waals surface area contributed by atoms with Crippen molar-refractivity contribution >= 4 is 34.5 Å². The average molecular weight is 325 g/mol. The summed E-state index contributed by atoms with van der Waals surface area (Å²) in [6.45, 7) is 1.01. The van der Waals surface area contributed by atoms with Crippen LogP contribution in [-0.4, -0.2) is 31.5 Å². The number of hydrogen-bond acceptors (Lipinski definition) is 4. The molecule has 0 aliphatic rings. The van der Waals surface area contributed by atoms with Gasteiger partial charge in [0.15, 0.2) is 0 Å². The summed E-state index contributed by atoms with van der Waals surface area (Å²) >= 11 is 7.42. The third kappa shape index (κ3) is 5.04. The molecule has 1 N–H and O–H groups in total. The largest absolute Gasteiger partial charge is 0.497 e. The molecular weight excluding hydrogens is 308 g/mol. The molecule has 0 unspecified atom stereocenters. The molecule has 1 amide bonds. The van der Waals surface area contributed by atoms with Crippen molar-refractivity contribution in [3.05, 3.63) is 45.6 Å². The van der Waals surface area contributed by atoms with Gasteiger partial charge in [-0.1, -0.05) is 17.7 Å². The molecule has 0 spiro atoms. The Bertz CT molecular complexity index is 615. The minimum atomic E-state index is -0.0617.